The van der Waals surface area contributed by atoms with E-state index in [1.807, 2.05) is 13.8 Å². The van der Waals surface area contributed by atoms with Gasteiger partial charge >= 0.3 is 0 Å². The third kappa shape index (κ3) is 3.75. The molecule has 1 aromatic carbocycles. The molecule has 0 saturated carbocycles. The first kappa shape index (κ1) is 13.5. The first-order valence-electron chi connectivity index (χ1n) is 5.71. The van der Waals surface area contributed by atoms with Gasteiger partial charge in [0.15, 0.2) is 0 Å². The number of ether oxygens (including phenoxy) is 1. The Balaban J connectivity index is 2.80. The molecule has 4 heteroatoms. The van der Waals surface area contributed by atoms with Crippen LogP contribution in [0.4, 0.5) is 5.69 Å². The highest BCUT2D eigenvalue weighted by Gasteiger charge is 2.17. The van der Waals surface area contributed by atoms with Crippen LogP contribution in [0.5, 0.6) is 0 Å². The largest absolute Gasteiger partial charge is 0.399 e. The lowest BCUT2D eigenvalue weighted by Gasteiger charge is -2.26. The van der Waals surface area contributed by atoms with Crippen LogP contribution in [0.25, 0.3) is 0 Å². The molecule has 0 aliphatic rings. The van der Waals surface area contributed by atoms with E-state index in [-0.39, 0.29) is 11.9 Å². The number of carbonyl (C=O) groups is 1. The summed E-state index contributed by atoms with van der Waals surface area (Å²) >= 11 is 0. The molecule has 0 spiro atoms. The minimum absolute atomic E-state index is 0.0112. The summed E-state index contributed by atoms with van der Waals surface area (Å²) in [5, 5.41) is 0. The van der Waals surface area contributed by atoms with Crippen molar-refractivity contribution in [1.82, 2.24) is 4.90 Å². The Hall–Kier alpha value is -1.55. The number of carbonyl (C=O) groups excluding carboxylic acids is 1. The van der Waals surface area contributed by atoms with Gasteiger partial charge in [0.25, 0.3) is 5.91 Å². The molecule has 0 aromatic heterocycles. The minimum Gasteiger partial charge on any atom is -0.399 e. The zero-order valence-electron chi connectivity index (χ0n) is 10.6. The predicted molar refractivity (Wildman–Crippen MR) is 68.9 cm³/mol. The number of hydrogen-bond donors (Lipinski definition) is 1. The molecule has 17 heavy (non-hydrogen) atoms. The fourth-order valence-electron chi connectivity index (χ4n) is 1.58. The van der Waals surface area contributed by atoms with E-state index in [1.165, 1.54) is 0 Å². The molecule has 4 nitrogen and oxygen atoms in total. The number of amides is 1. The van der Waals surface area contributed by atoms with Crippen molar-refractivity contribution in [3.8, 4) is 0 Å². The van der Waals surface area contributed by atoms with Crippen molar-refractivity contribution in [2.45, 2.75) is 19.9 Å². The van der Waals surface area contributed by atoms with Crippen LogP contribution in [0.3, 0.4) is 0 Å². The van der Waals surface area contributed by atoms with Gasteiger partial charge in [-0.2, -0.15) is 0 Å². The molecule has 0 radical (unpaired) electrons. The lowest BCUT2D eigenvalue weighted by Crippen LogP contribution is -2.39. The summed E-state index contributed by atoms with van der Waals surface area (Å²) in [5.41, 5.74) is 6.92. The van der Waals surface area contributed by atoms with Crippen molar-refractivity contribution in [2.75, 3.05) is 26.0 Å². The Morgan fingerprint density at radius 3 is 2.41 bits per heavy atom. The van der Waals surface area contributed by atoms with E-state index in [0.717, 1.165) is 0 Å². The van der Waals surface area contributed by atoms with Gasteiger partial charge in [0.1, 0.15) is 0 Å². The molecular weight excluding hydrogens is 216 g/mol. The number of methoxy groups -OCH3 is 1. The van der Waals surface area contributed by atoms with Crippen LogP contribution in [0.15, 0.2) is 24.3 Å². The minimum atomic E-state index is 0.0112. The molecule has 0 unspecified atom stereocenters. The van der Waals surface area contributed by atoms with E-state index in [2.05, 4.69) is 0 Å². The molecule has 94 valence electrons. The summed E-state index contributed by atoms with van der Waals surface area (Å²) in [6.07, 6.45) is 0. The summed E-state index contributed by atoms with van der Waals surface area (Å²) in [6, 6.07) is 7.12. The van der Waals surface area contributed by atoms with E-state index in [4.69, 9.17) is 10.5 Å². The molecule has 0 fully saturated rings. The molecule has 1 amide bonds. The summed E-state index contributed by atoms with van der Waals surface area (Å²) in [6.45, 7) is 5.12. The number of nitrogens with zero attached hydrogens (tertiary/aromatic N) is 1. The lowest BCUT2D eigenvalue weighted by atomic mass is 10.1. The number of rotatable bonds is 5. The second kappa shape index (κ2) is 6.25. The maximum atomic E-state index is 12.2. The van der Waals surface area contributed by atoms with Crippen LogP contribution < -0.4 is 5.73 Å². The second-order valence-electron chi connectivity index (χ2n) is 4.21. The molecule has 0 saturated heterocycles. The van der Waals surface area contributed by atoms with Crippen LogP contribution in [0.1, 0.15) is 24.2 Å². The molecule has 0 heterocycles. The molecular formula is C13H20N2O2. The van der Waals surface area contributed by atoms with E-state index >= 15 is 0 Å². The topological polar surface area (TPSA) is 55.6 Å². The normalized spacial score (nSPS) is 10.6. The van der Waals surface area contributed by atoms with Crippen molar-refractivity contribution >= 4 is 11.6 Å². The average Bonchev–Trinajstić information content (AvgIpc) is 2.29. The van der Waals surface area contributed by atoms with Crippen LogP contribution in [0, 0.1) is 0 Å². The molecule has 0 aliphatic heterocycles. The molecule has 1 rings (SSSR count). The van der Waals surface area contributed by atoms with Gasteiger partial charge in [-0.3, -0.25) is 4.79 Å². The molecule has 1 aromatic rings. The van der Waals surface area contributed by atoms with E-state index < -0.39 is 0 Å². The third-order valence-corrected chi connectivity index (χ3v) is 2.58. The van der Waals surface area contributed by atoms with E-state index in [0.29, 0.717) is 24.4 Å². The molecule has 2 N–H and O–H groups in total. The molecule has 0 aliphatic carbocycles. The highest BCUT2D eigenvalue weighted by molar-refractivity contribution is 5.94. The van der Waals surface area contributed by atoms with Crippen molar-refractivity contribution in [2.24, 2.45) is 0 Å². The SMILES string of the molecule is COCCN(C(=O)c1ccc(N)cc1)C(C)C. The fourth-order valence-corrected chi connectivity index (χ4v) is 1.58. The quantitative estimate of drug-likeness (QED) is 0.793. The smallest absolute Gasteiger partial charge is 0.254 e. The average molecular weight is 236 g/mol. The van der Waals surface area contributed by atoms with E-state index in [1.54, 1.807) is 36.3 Å². The Labute approximate surface area is 102 Å². The third-order valence-electron chi connectivity index (χ3n) is 2.58. The summed E-state index contributed by atoms with van der Waals surface area (Å²) in [7, 11) is 1.63. The van der Waals surface area contributed by atoms with Crippen LogP contribution in [-0.4, -0.2) is 37.1 Å². The Morgan fingerprint density at radius 1 is 1.35 bits per heavy atom. The molecule has 0 bridgehead atoms. The van der Waals surface area contributed by atoms with Crippen molar-refractivity contribution in [3.05, 3.63) is 29.8 Å². The number of benzene rings is 1. The number of nitrogens with two attached hydrogens (primary N) is 1. The zero-order valence-corrected chi connectivity index (χ0v) is 10.6. The Morgan fingerprint density at radius 2 is 1.94 bits per heavy atom. The van der Waals surface area contributed by atoms with Gasteiger partial charge in [0.2, 0.25) is 0 Å². The maximum Gasteiger partial charge on any atom is 0.254 e. The lowest BCUT2D eigenvalue weighted by molar-refractivity contribution is 0.0635. The van der Waals surface area contributed by atoms with Crippen LogP contribution in [0.2, 0.25) is 0 Å². The van der Waals surface area contributed by atoms with Gasteiger partial charge in [0, 0.05) is 30.9 Å². The maximum absolute atomic E-state index is 12.2. The Kier molecular flexibility index (Phi) is 4.97. The van der Waals surface area contributed by atoms with Gasteiger partial charge in [0.05, 0.1) is 6.61 Å². The van der Waals surface area contributed by atoms with E-state index in [9.17, 15) is 4.79 Å². The zero-order chi connectivity index (χ0) is 12.8. The monoisotopic (exact) mass is 236 g/mol. The Bertz CT molecular complexity index is 360. The second-order valence-corrected chi connectivity index (χ2v) is 4.21. The first-order chi connectivity index (χ1) is 8.06. The van der Waals surface area contributed by atoms with Crippen molar-refractivity contribution < 1.29 is 9.53 Å². The van der Waals surface area contributed by atoms with Crippen LogP contribution in [-0.2, 0) is 4.74 Å². The van der Waals surface area contributed by atoms with Gasteiger partial charge in [-0.15, -0.1) is 0 Å². The van der Waals surface area contributed by atoms with Gasteiger partial charge in [-0.05, 0) is 38.1 Å². The van der Waals surface area contributed by atoms with Crippen LogP contribution >= 0.6 is 0 Å². The summed E-state index contributed by atoms with van der Waals surface area (Å²) in [5.74, 6) is 0.0112. The summed E-state index contributed by atoms with van der Waals surface area (Å²) in [4.78, 5) is 14.0. The van der Waals surface area contributed by atoms with Crippen molar-refractivity contribution in [1.29, 1.82) is 0 Å². The summed E-state index contributed by atoms with van der Waals surface area (Å²) < 4.78 is 5.01. The highest BCUT2D eigenvalue weighted by Crippen LogP contribution is 2.10. The predicted octanol–water partition coefficient (Wildman–Crippen LogP) is 1.77. The standard InChI is InChI=1S/C13H20N2O2/c1-10(2)15(8-9-17-3)13(16)11-4-6-12(14)7-5-11/h4-7,10H,8-9,14H2,1-3H3. The highest BCUT2D eigenvalue weighted by atomic mass is 16.5. The van der Waals surface area contributed by atoms with Gasteiger partial charge in [-0.25, -0.2) is 0 Å². The van der Waals surface area contributed by atoms with Gasteiger partial charge < -0.3 is 15.4 Å². The first-order valence-corrected chi connectivity index (χ1v) is 5.71. The van der Waals surface area contributed by atoms with Gasteiger partial charge in [-0.1, -0.05) is 0 Å². The number of nitrogen functional groups attached to an aromatic ring is 1. The van der Waals surface area contributed by atoms with Crippen molar-refractivity contribution in [3.63, 3.8) is 0 Å². The number of hydrogen-bond acceptors (Lipinski definition) is 3. The fraction of sp³-hybridized carbons (Fsp3) is 0.462. The molecule has 0 atom stereocenters. The number of anilines is 1.